The Balaban J connectivity index is -0.000000295. The zero-order valence-corrected chi connectivity index (χ0v) is 68.2. The summed E-state index contributed by atoms with van der Waals surface area (Å²) in [4.78, 5) is 130. The average Bonchev–Trinajstić information content (AvgIpc) is 0.946. The molecule has 0 rings (SSSR count). The summed E-state index contributed by atoms with van der Waals surface area (Å²) < 4.78 is 147. The molecule has 0 saturated carbocycles. The maximum atomic E-state index is 11.3. The number of phosphoric ester groups is 6. The summed E-state index contributed by atoms with van der Waals surface area (Å²) in [5.74, 6) is -3.60. The molecule has 0 heterocycles. The van der Waals surface area contributed by atoms with Gasteiger partial charge in [-0.05, 0) is 6.42 Å². The molecule has 16 unspecified atom stereocenters. The number of hydrogen-bond acceptors (Lipinski definition) is 49. The van der Waals surface area contributed by atoms with Crippen LogP contribution >= 0.6 is 46.9 Å². The number of likely N-dealkylation sites (N-methyl/N-ethyl adjacent to an activating group) is 2. The lowest BCUT2D eigenvalue weighted by Gasteiger charge is -2.27. The molecular weight excluding hydrogens is 1630 g/mol. The third-order valence-electron chi connectivity index (χ3n) is 10.3. The summed E-state index contributed by atoms with van der Waals surface area (Å²) in [5.41, 5.74) is 0. The monoisotopic (exact) mass is 1740 g/mol. The minimum atomic E-state index is -4.68. The molecule has 110 heavy (non-hydrogen) atoms. The van der Waals surface area contributed by atoms with Crippen molar-refractivity contribution >= 4 is 82.8 Å². The lowest BCUT2D eigenvalue weighted by atomic mass is 10.3. The van der Waals surface area contributed by atoms with E-state index in [4.69, 9.17) is 35.7 Å². The van der Waals surface area contributed by atoms with Gasteiger partial charge in [-0.25, -0.2) is 0 Å². The van der Waals surface area contributed by atoms with Gasteiger partial charge in [0.15, 0.2) is 0 Å². The average molecular weight is 1750 g/mol. The number of nitrogens with zero attached hydrogens (tertiary/aromatic N) is 2. The zero-order chi connectivity index (χ0) is 86.9. The summed E-state index contributed by atoms with van der Waals surface area (Å²) in [6.07, 6.45) is -12.2. The van der Waals surface area contributed by atoms with Crippen LogP contribution in [0, 0.1) is 0 Å². The van der Waals surface area contributed by atoms with E-state index in [1.165, 1.54) is 13.8 Å². The minimum Gasteiger partial charge on any atom is -0.756 e. The first kappa shape index (κ1) is 118. The lowest BCUT2D eigenvalue weighted by molar-refractivity contribution is -0.870. The molecule has 57 heteroatoms. The van der Waals surface area contributed by atoms with Crippen molar-refractivity contribution in [2.45, 2.75) is 116 Å². The highest BCUT2D eigenvalue weighted by Gasteiger charge is 2.23. The Labute approximate surface area is 634 Å². The fourth-order valence-corrected chi connectivity index (χ4v) is 9.30. The van der Waals surface area contributed by atoms with Crippen molar-refractivity contribution < 1.29 is 244 Å². The second-order valence-electron chi connectivity index (χ2n) is 23.6. The molecule has 0 aliphatic heterocycles. The van der Waals surface area contributed by atoms with Gasteiger partial charge in [0.25, 0.3) is 46.9 Å². The molecule has 0 aliphatic rings. The highest BCUT2D eigenvalue weighted by Crippen LogP contribution is 2.42. The summed E-state index contributed by atoms with van der Waals surface area (Å²) in [6.45, 7) is -0.624. The number of hydrogen-bond donors (Lipinski definition) is 13. The predicted octanol–water partition coefficient (Wildman–Crippen LogP) is -9.29. The third kappa shape index (κ3) is 92.1. The van der Waals surface area contributed by atoms with Gasteiger partial charge in [0.05, 0.1) is 134 Å². The van der Waals surface area contributed by atoms with E-state index in [-0.39, 0.29) is 33.0 Å². The number of carbonyl (C=O) groups is 6. The third-order valence-corrected chi connectivity index (χ3v) is 15.9. The first-order valence-corrected chi connectivity index (χ1v) is 40.5. The molecule has 0 aromatic carbocycles. The molecule has 660 valence electrons. The second kappa shape index (κ2) is 64.0. The Morgan fingerprint density at radius 3 is 0.527 bits per heavy atom. The number of quaternary nitrogens is 2. The van der Waals surface area contributed by atoms with Crippen LogP contribution < -0.4 is 29.4 Å². The van der Waals surface area contributed by atoms with Gasteiger partial charge < -0.3 is 187 Å². The van der Waals surface area contributed by atoms with Crippen LogP contribution in [0.4, 0.5) is 0 Å². The van der Waals surface area contributed by atoms with Gasteiger partial charge in [0.2, 0.25) is 0 Å². The van der Waals surface area contributed by atoms with E-state index in [1.807, 2.05) is 42.3 Å². The number of carbonyl (C=O) groups excluding carboxylic acids is 6. The molecule has 0 radical (unpaired) electrons. The fourth-order valence-electron chi connectivity index (χ4n) is 4.70. The van der Waals surface area contributed by atoms with Gasteiger partial charge in [0, 0.05) is 41.5 Å². The number of ether oxygens (including phenoxy) is 6. The van der Waals surface area contributed by atoms with Crippen molar-refractivity contribution in [1.29, 1.82) is 0 Å². The van der Waals surface area contributed by atoms with E-state index in [2.05, 4.69) is 82.7 Å². The summed E-state index contributed by atoms with van der Waals surface area (Å²) in [5, 5.41) is 116. The Bertz CT molecular complexity index is 2470. The molecule has 0 spiro atoms. The van der Waals surface area contributed by atoms with Crippen LogP contribution in [0.15, 0.2) is 0 Å². The number of phosphoric acid groups is 6. The van der Waals surface area contributed by atoms with E-state index in [1.54, 1.807) is 6.92 Å². The Morgan fingerprint density at radius 1 is 0.264 bits per heavy atom. The van der Waals surface area contributed by atoms with Crippen molar-refractivity contribution in [2.24, 2.45) is 0 Å². The Hall–Kier alpha value is -3.12. The number of aliphatic hydroxyl groups excluding tert-OH is 13. The lowest BCUT2D eigenvalue weighted by Crippen LogP contribution is -2.37. The molecule has 0 fully saturated rings. The van der Waals surface area contributed by atoms with Gasteiger partial charge in [0.1, 0.15) is 121 Å². The largest absolute Gasteiger partial charge is 0.756 e. The summed E-state index contributed by atoms with van der Waals surface area (Å²) in [6, 6.07) is 0. The molecule has 51 nitrogen and oxygen atoms in total. The standard InChI is InChI=1S/2C10H22NO7P.C9H19O8P.3C8H17O9P/c2*1-9(12)16-7-10(13)8-18-19(14,15)17-6-5-11(2,3)4;1-3-8(11)5-16-18(13,14)17-6-9(12)4-15-7(2)10;3*1-6(10)15-3-8(12)5-17-18(13,14)16-4-7(11)2-9/h2*10,13H,5-8H2,1-4H3;8-9,11-12H,3-6H2,1-2H3,(H,13,14);3*7-9,11-12H,2-5H2,1H3,(H,13,14)/p-4. The predicted molar refractivity (Wildman–Crippen MR) is 354 cm³/mol. The molecule has 0 bridgehead atoms. The van der Waals surface area contributed by atoms with Gasteiger partial charge in [-0.2, -0.15) is 0 Å². The molecular formula is C53H110N2O49P6-4. The summed E-state index contributed by atoms with van der Waals surface area (Å²) >= 11 is 0. The second-order valence-corrected chi connectivity index (χ2v) is 32.1. The molecule has 0 aromatic rings. The van der Waals surface area contributed by atoms with Crippen molar-refractivity contribution in [3.63, 3.8) is 0 Å². The SMILES string of the molecule is CC(=O)OCC(O)COP(=O)([O-])OCC(O)CO.CC(=O)OCC(O)COP(=O)([O-])OCC(O)CO.CC(=O)OCC(O)COP(=O)([O-])OCC(O)CO.CC(=O)OCC(O)COP(=O)([O-])OCC[N+](C)(C)C.CC(=O)OCC(O)COP(=O)([O-])OCC[N+](C)(C)C.CCC(O)COP(=O)([O-])OCC(O)COC(C)=O. The molecule has 16 atom stereocenters. The van der Waals surface area contributed by atoms with E-state index < -0.39 is 250 Å². The molecule has 0 amide bonds. The summed E-state index contributed by atoms with van der Waals surface area (Å²) in [7, 11) is -16.1. The smallest absolute Gasteiger partial charge is 0.302 e. The van der Waals surface area contributed by atoms with Crippen molar-refractivity contribution in [3.8, 4) is 0 Å². The normalized spacial score (nSPS) is 17.5. The van der Waals surface area contributed by atoms with Crippen LogP contribution in [0.1, 0.15) is 54.9 Å². The highest BCUT2D eigenvalue weighted by atomic mass is 31.2. The number of esters is 6. The van der Waals surface area contributed by atoms with Crippen LogP contribution in [-0.2, 0) is 139 Å². The number of rotatable bonds is 54. The first-order valence-electron chi connectivity index (χ1n) is 31.7. The molecule has 13 N–H and O–H groups in total. The topological polar surface area (TPSA) is 772 Å². The molecule has 0 saturated heterocycles. The molecule has 0 aliphatic carbocycles. The number of aliphatic hydroxyl groups is 13. The van der Waals surface area contributed by atoms with E-state index >= 15 is 0 Å². The maximum Gasteiger partial charge on any atom is 0.302 e. The van der Waals surface area contributed by atoms with Crippen molar-refractivity contribution in [3.05, 3.63) is 0 Å². The first-order chi connectivity index (χ1) is 50.1. The van der Waals surface area contributed by atoms with E-state index in [9.17, 15) is 116 Å². The van der Waals surface area contributed by atoms with Gasteiger partial charge in [-0.15, -0.1) is 0 Å². The van der Waals surface area contributed by atoms with Gasteiger partial charge in [-0.3, -0.25) is 56.2 Å². The van der Waals surface area contributed by atoms with Crippen molar-refractivity contribution in [1.82, 2.24) is 0 Å². The van der Waals surface area contributed by atoms with Crippen LogP contribution in [-0.4, -0.2) is 366 Å². The van der Waals surface area contributed by atoms with E-state index in [0.717, 1.165) is 27.7 Å². The Morgan fingerprint density at radius 2 is 0.400 bits per heavy atom. The van der Waals surface area contributed by atoms with Crippen molar-refractivity contribution in [2.75, 3.05) is 194 Å². The van der Waals surface area contributed by atoms with Crippen LogP contribution in [0.5, 0.6) is 0 Å². The fraction of sp³-hybridized carbons (Fsp3) is 0.887. The van der Waals surface area contributed by atoms with Crippen LogP contribution in [0.3, 0.4) is 0 Å². The minimum absolute atomic E-state index is 0.00960. The van der Waals surface area contributed by atoms with E-state index in [0.29, 0.717) is 28.5 Å². The highest BCUT2D eigenvalue weighted by molar-refractivity contribution is 7.47. The van der Waals surface area contributed by atoms with Crippen LogP contribution in [0.2, 0.25) is 0 Å². The quantitative estimate of drug-likeness (QED) is 0.0116. The van der Waals surface area contributed by atoms with Gasteiger partial charge >= 0.3 is 35.8 Å². The Kier molecular flexibility index (Phi) is 68.5. The zero-order valence-electron chi connectivity index (χ0n) is 62.8. The van der Waals surface area contributed by atoms with Crippen LogP contribution in [0.25, 0.3) is 0 Å². The maximum absolute atomic E-state index is 11.3. The van der Waals surface area contributed by atoms with Gasteiger partial charge in [-0.1, -0.05) is 6.92 Å². The molecule has 0 aromatic heterocycles.